The first-order valence-corrected chi connectivity index (χ1v) is 17.3. The van der Waals surface area contributed by atoms with Crippen LogP contribution in [0.3, 0.4) is 0 Å². The number of fused-ring (bicyclic) bond motifs is 6. The van der Waals surface area contributed by atoms with E-state index in [1.807, 2.05) is 0 Å². The summed E-state index contributed by atoms with van der Waals surface area (Å²) in [5.41, 5.74) is 19.9. The molecule has 222 valence electrons. The predicted molar refractivity (Wildman–Crippen MR) is 189 cm³/mol. The molecule has 0 bridgehead atoms. The molecule has 2 aliphatic carbocycles. The molecule has 5 aromatic rings. The van der Waals surface area contributed by atoms with Crippen LogP contribution in [0.2, 0.25) is 0 Å². The predicted octanol–water partition coefficient (Wildman–Crippen LogP) is 12.4. The molecule has 0 spiro atoms. The average molecular weight is 575 g/mol. The monoisotopic (exact) mass is 574 g/mol. The van der Waals surface area contributed by atoms with Gasteiger partial charge in [0, 0.05) is 0 Å². The zero-order valence-electron chi connectivity index (χ0n) is 26.7. The Morgan fingerprint density at radius 3 is 1.14 bits per heavy atom. The molecule has 5 aromatic carbocycles. The van der Waals surface area contributed by atoms with Crippen LogP contribution in [0.5, 0.6) is 0 Å². The van der Waals surface area contributed by atoms with E-state index >= 15 is 0 Å². The molecule has 0 saturated heterocycles. The third-order valence-electron chi connectivity index (χ3n) is 10.1. The Labute approximate surface area is 265 Å². The molecule has 0 nitrogen and oxygen atoms in total. The molecule has 0 heterocycles. The van der Waals surface area contributed by atoms with Crippen molar-refractivity contribution in [3.63, 3.8) is 0 Å². The highest BCUT2D eigenvalue weighted by Gasteiger charge is 2.21. The summed E-state index contributed by atoms with van der Waals surface area (Å²) in [7, 11) is 0. The number of benzene rings is 5. The summed E-state index contributed by atoms with van der Waals surface area (Å²) in [6.45, 7) is 4.57. The minimum atomic E-state index is 1.05. The molecule has 0 saturated carbocycles. The number of hydrogen-bond donors (Lipinski definition) is 0. The molecule has 2 aliphatic rings. The molecule has 0 amide bonds. The topological polar surface area (TPSA) is 0 Å². The Morgan fingerprint density at radius 1 is 0.364 bits per heavy atom. The van der Waals surface area contributed by atoms with Gasteiger partial charge >= 0.3 is 0 Å². The fourth-order valence-electron chi connectivity index (χ4n) is 7.57. The van der Waals surface area contributed by atoms with Crippen molar-refractivity contribution in [3.8, 4) is 44.5 Å². The lowest BCUT2D eigenvalue weighted by atomic mass is 9.95. The maximum Gasteiger partial charge on any atom is -0.00131 e. The number of rotatable bonds is 12. The standard InChI is InChI=1S/C44H46/c1-3-5-7-9-11-31-13-21-41-37(25-31)29-39-27-35(19-23-43(39)41)33-15-17-34(18-16-33)36-20-24-44-40(28-36)30-38-26-32(14-22-42(38)44)12-10-8-6-4-2/h13-28H,3-12,29-30H2,1-2H3. The van der Waals surface area contributed by atoms with Crippen molar-refractivity contribution < 1.29 is 0 Å². The zero-order chi connectivity index (χ0) is 29.9. The van der Waals surface area contributed by atoms with Gasteiger partial charge in [-0.05, 0) is 116 Å². The van der Waals surface area contributed by atoms with Crippen molar-refractivity contribution in [2.24, 2.45) is 0 Å². The van der Waals surface area contributed by atoms with Crippen LogP contribution in [0.25, 0.3) is 44.5 Å². The van der Waals surface area contributed by atoms with Crippen LogP contribution < -0.4 is 0 Å². The third kappa shape index (κ3) is 5.92. The molecule has 0 aliphatic heterocycles. The molecule has 44 heavy (non-hydrogen) atoms. The van der Waals surface area contributed by atoms with Crippen molar-refractivity contribution in [3.05, 3.63) is 130 Å². The summed E-state index contributed by atoms with van der Waals surface area (Å²) < 4.78 is 0. The lowest BCUT2D eigenvalue weighted by Crippen LogP contribution is -1.89. The normalized spacial score (nSPS) is 12.6. The minimum Gasteiger partial charge on any atom is -0.0654 e. The molecule has 7 rings (SSSR count). The van der Waals surface area contributed by atoms with Crippen LogP contribution in [0.15, 0.2) is 97.1 Å². The Balaban J connectivity index is 1.03. The van der Waals surface area contributed by atoms with E-state index < -0.39 is 0 Å². The van der Waals surface area contributed by atoms with Crippen molar-refractivity contribution in [1.29, 1.82) is 0 Å². The van der Waals surface area contributed by atoms with Crippen LogP contribution in [0.4, 0.5) is 0 Å². The molecule has 0 radical (unpaired) electrons. The smallest absolute Gasteiger partial charge is 0.00131 e. The fraction of sp³-hybridized carbons (Fsp3) is 0.318. The SMILES string of the molecule is CCCCCCc1ccc2c(c1)Cc1cc(-c3ccc(-c4ccc5c(c4)Cc4cc(CCCCCC)ccc4-5)cc3)ccc1-2. The molecule has 0 aromatic heterocycles. The Morgan fingerprint density at radius 2 is 0.727 bits per heavy atom. The quantitative estimate of drug-likeness (QED) is 0.127. The molecular weight excluding hydrogens is 528 g/mol. The van der Waals surface area contributed by atoms with E-state index in [0.717, 1.165) is 12.8 Å². The summed E-state index contributed by atoms with van der Waals surface area (Å²) in [5, 5.41) is 0. The second kappa shape index (κ2) is 13.0. The van der Waals surface area contributed by atoms with Gasteiger partial charge in [0.1, 0.15) is 0 Å². The average Bonchev–Trinajstić information content (AvgIpc) is 3.61. The van der Waals surface area contributed by atoms with Gasteiger partial charge in [-0.25, -0.2) is 0 Å². The van der Waals surface area contributed by atoms with E-state index in [1.165, 1.54) is 142 Å². The molecule has 0 N–H and O–H groups in total. The van der Waals surface area contributed by atoms with Crippen LogP contribution in [0.1, 0.15) is 98.6 Å². The molecule has 0 atom stereocenters. The largest absolute Gasteiger partial charge is 0.0654 e. The van der Waals surface area contributed by atoms with Gasteiger partial charge in [0.25, 0.3) is 0 Å². The summed E-state index contributed by atoms with van der Waals surface area (Å²) in [5.74, 6) is 0. The molecule has 0 heteroatoms. The van der Waals surface area contributed by atoms with E-state index in [2.05, 4.69) is 111 Å². The zero-order valence-corrected chi connectivity index (χ0v) is 26.7. The van der Waals surface area contributed by atoms with Gasteiger partial charge < -0.3 is 0 Å². The minimum absolute atomic E-state index is 1.05. The lowest BCUT2D eigenvalue weighted by molar-refractivity contribution is 0.667. The van der Waals surface area contributed by atoms with Crippen molar-refractivity contribution in [2.75, 3.05) is 0 Å². The summed E-state index contributed by atoms with van der Waals surface area (Å²) >= 11 is 0. The van der Waals surface area contributed by atoms with Gasteiger partial charge in [-0.3, -0.25) is 0 Å². The van der Waals surface area contributed by atoms with Gasteiger partial charge in [0.15, 0.2) is 0 Å². The van der Waals surface area contributed by atoms with Gasteiger partial charge in [0.2, 0.25) is 0 Å². The lowest BCUT2D eigenvalue weighted by Gasteiger charge is -2.09. The fourth-order valence-corrected chi connectivity index (χ4v) is 7.57. The number of aryl methyl sites for hydroxylation is 2. The van der Waals surface area contributed by atoms with Gasteiger partial charge in [-0.1, -0.05) is 149 Å². The van der Waals surface area contributed by atoms with Crippen molar-refractivity contribution >= 4 is 0 Å². The molecule has 0 fully saturated rings. The highest BCUT2D eigenvalue weighted by molar-refractivity contribution is 5.83. The maximum absolute atomic E-state index is 2.47. The highest BCUT2D eigenvalue weighted by atomic mass is 14.2. The first kappa shape index (κ1) is 28.8. The second-order valence-corrected chi connectivity index (χ2v) is 13.3. The van der Waals surface area contributed by atoms with E-state index in [4.69, 9.17) is 0 Å². The van der Waals surface area contributed by atoms with Crippen molar-refractivity contribution in [2.45, 2.75) is 90.9 Å². The number of unbranched alkanes of at least 4 members (excludes halogenated alkanes) is 6. The van der Waals surface area contributed by atoms with Crippen LogP contribution in [-0.2, 0) is 25.7 Å². The first-order chi connectivity index (χ1) is 21.7. The summed E-state index contributed by atoms with van der Waals surface area (Å²) in [6, 6.07) is 37.8. The molecular formula is C44H46. The third-order valence-corrected chi connectivity index (χ3v) is 10.1. The highest BCUT2D eigenvalue weighted by Crippen LogP contribution is 2.41. The summed E-state index contributed by atoms with van der Waals surface area (Å²) in [4.78, 5) is 0. The van der Waals surface area contributed by atoms with Crippen LogP contribution in [0, 0.1) is 0 Å². The number of hydrogen-bond acceptors (Lipinski definition) is 0. The van der Waals surface area contributed by atoms with Gasteiger partial charge in [-0.15, -0.1) is 0 Å². The summed E-state index contributed by atoms with van der Waals surface area (Å²) in [6.07, 6.45) is 15.1. The van der Waals surface area contributed by atoms with Crippen molar-refractivity contribution in [1.82, 2.24) is 0 Å². The maximum atomic E-state index is 2.47. The second-order valence-electron chi connectivity index (χ2n) is 13.3. The Hall–Kier alpha value is -3.90. The van der Waals surface area contributed by atoms with Gasteiger partial charge in [-0.2, -0.15) is 0 Å². The molecule has 0 unspecified atom stereocenters. The Kier molecular flexibility index (Phi) is 8.52. The van der Waals surface area contributed by atoms with Crippen LogP contribution >= 0.6 is 0 Å². The van der Waals surface area contributed by atoms with E-state index in [0.29, 0.717) is 0 Å². The van der Waals surface area contributed by atoms with Crippen LogP contribution in [-0.4, -0.2) is 0 Å². The van der Waals surface area contributed by atoms with E-state index in [1.54, 1.807) is 0 Å². The van der Waals surface area contributed by atoms with E-state index in [-0.39, 0.29) is 0 Å². The van der Waals surface area contributed by atoms with E-state index in [9.17, 15) is 0 Å². The first-order valence-electron chi connectivity index (χ1n) is 17.3. The Bertz CT molecular complexity index is 1640. The van der Waals surface area contributed by atoms with Gasteiger partial charge in [0.05, 0.1) is 0 Å².